The second-order valence-corrected chi connectivity index (χ2v) is 5.03. The number of amides is 1. The van der Waals surface area contributed by atoms with Crippen LogP contribution in [0.25, 0.3) is 0 Å². The maximum absolute atomic E-state index is 11.4. The van der Waals surface area contributed by atoms with Gasteiger partial charge < -0.3 is 5.32 Å². The third-order valence-electron chi connectivity index (χ3n) is 1.55. The molecule has 0 aromatic heterocycles. The van der Waals surface area contributed by atoms with Gasteiger partial charge in [0.25, 0.3) is 0 Å². The van der Waals surface area contributed by atoms with Gasteiger partial charge >= 0.3 is 0 Å². The van der Waals surface area contributed by atoms with Crippen molar-refractivity contribution in [2.75, 3.05) is 16.8 Å². The Balaban J connectivity index is 2.28. The molecule has 1 N–H and O–H groups in total. The van der Waals surface area contributed by atoms with Crippen molar-refractivity contribution in [1.82, 2.24) is 0 Å². The predicted octanol–water partition coefficient (Wildman–Crippen LogP) is 3.27. The molecule has 0 spiro atoms. The van der Waals surface area contributed by atoms with Crippen LogP contribution in [0.5, 0.6) is 0 Å². The van der Waals surface area contributed by atoms with Gasteiger partial charge in [0.05, 0.1) is 5.75 Å². The van der Waals surface area contributed by atoms with Crippen molar-refractivity contribution in [2.24, 2.45) is 0 Å². The summed E-state index contributed by atoms with van der Waals surface area (Å²) in [5.41, 5.74) is 0.834. The molecule has 0 fully saturated rings. The first-order chi connectivity index (χ1) is 7.18. The monoisotopic (exact) mass is 285 g/mol. The summed E-state index contributed by atoms with van der Waals surface area (Å²) in [5.74, 6) is 1.21. The number of carbonyl (C=O) groups excluding carboxylic acids is 1. The highest BCUT2D eigenvalue weighted by molar-refractivity contribution is 9.11. The Morgan fingerprint density at radius 2 is 2.00 bits per heavy atom. The molecule has 0 radical (unpaired) electrons. The van der Waals surface area contributed by atoms with Gasteiger partial charge in [-0.3, -0.25) is 4.79 Å². The van der Waals surface area contributed by atoms with Crippen molar-refractivity contribution >= 4 is 39.3 Å². The van der Waals surface area contributed by atoms with Crippen LogP contribution in [-0.2, 0) is 4.79 Å². The standard InChI is InChI=1S/C11H12BrNOS/c1-9(12)7-15-8-11(14)13-10-5-3-2-4-6-10/h2-6H,1,7-8H2,(H,13,14). The number of nitrogens with one attached hydrogen (secondary N) is 1. The molecule has 0 saturated heterocycles. The molecule has 1 amide bonds. The lowest BCUT2D eigenvalue weighted by atomic mass is 10.3. The number of benzene rings is 1. The molecule has 2 nitrogen and oxygen atoms in total. The highest BCUT2D eigenvalue weighted by Crippen LogP contribution is 2.12. The number of para-hydroxylation sites is 1. The fourth-order valence-corrected chi connectivity index (χ4v) is 2.04. The summed E-state index contributed by atoms with van der Waals surface area (Å²) >= 11 is 4.77. The molecule has 0 bridgehead atoms. The summed E-state index contributed by atoms with van der Waals surface area (Å²) in [7, 11) is 0. The van der Waals surface area contributed by atoms with Crippen LogP contribution in [0.15, 0.2) is 41.4 Å². The number of anilines is 1. The molecule has 15 heavy (non-hydrogen) atoms. The van der Waals surface area contributed by atoms with Crippen LogP contribution in [0.3, 0.4) is 0 Å². The van der Waals surface area contributed by atoms with Crippen molar-refractivity contribution in [3.63, 3.8) is 0 Å². The fourth-order valence-electron chi connectivity index (χ4n) is 0.973. The molecule has 4 heteroatoms. The molecule has 0 unspecified atom stereocenters. The summed E-state index contributed by atoms with van der Waals surface area (Å²) in [4.78, 5) is 11.4. The Bertz CT molecular complexity index is 340. The lowest BCUT2D eigenvalue weighted by molar-refractivity contribution is -0.113. The van der Waals surface area contributed by atoms with Crippen LogP contribution >= 0.6 is 27.7 Å². The third-order valence-corrected chi connectivity index (χ3v) is 3.22. The molecule has 0 atom stereocenters. The normalized spacial score (nSPS) is 9.67. The Morgan fingerprint density at radius 3 is 2.60 bits per heavy atom. The van der Waals surface area contributed by atoms with Crippen LogP contribution in [0.1, 0.15) is 0 Å². The maximum atomic E-state index is 11.4. The summed E-state index contributed by atoms with van der Waals surface area (Å²) in [6.07, 6.45) is 0. The summed E-state index contributed by atoms with van der Waals surface area (Å²) < 4.78 is 0.903. The van der Waals surface area contributed by atoms with Gasteiger partial charge in [-0.2, -0.15) is 0 Å². The molecule has 0 aliphatic heterocycles. The largest absolute Gasteiger partial charge is 0.325 e. The fraction of sp³-hybridized carbons (Fsp3) is 0.182. The van der Waals surface area contributed by atoms with Gasteiger partial charge in [-0.1, -0.05) is 40.7 Å². The van der Waals surface area contributed by atoms with Gasteiger partial charge in [-0.05, 0) is 16.6 Å². The SMILES string of the molecule is C=C(Br)CSCC(=O)Nc1ccccc1. The molecule has 1 rings (SSSR count). The van der Waals surface area contributed by atoms with Gasteiger partial charge in [0, 0.05) is 11.4 Å². The highest BCUT2D eigenvalue weighted by Gasteiger charge is 2.01. The van der Waals surface area contributed by atoms with Gasteiger partial charge in [0.1, 0.15) is 0 Å². The zero-order valence-corrected chi connectivity index (χ0v) is 10.6. The average molecular weight is 286 g/mol. The van der Waals surface area contributed by atoms with Crippen molar-refractivity contribution in [3.8, 4) is 0 Å². The molecular weight excluding hydrogens is 274 g/mol. The average Bonchev–Trinajstić information content (AvgIpc) is 2.18. The van der Waals surface area contributed by atoms with E-state index in [0.717, 1.165) is 15.9 Å². The van der Waals surface area contributed by atoms with E-state index in [4.69, 9.17) is 0 Å². The van der Waals surface area contributed by atoms with Crippen molar-refractivity contribution in [3.05, 3.63) is 41.4 Å². The predicted molar refractivity (Wildman–Crippen MR) is 70.5 cm³/mol. The van der Waals surface area contributed by atoms with Gasteiger partial charge in [-0.25, -0.2) is 0 Å². The maximum Gasteiger partial charge on any atom is 0.234 e. The van der Waals surface area contributed by atoms with E-state index >= 15 is 0 Å². The van der Waals surface area contributed by atoms with Crippen molar-refractivity contribution in [2.45, 2.75) is 0 Å². The lowest BCUT2D eigenvalue weighted by Crippen LogP contribution is -2.14. The highest BCUT2D eigenvalue weighted by atomic mass is 79.9. The summed E-state index contributed by atoms with van der Waals surface area (Å²) in [6.45, 7) is 3.70. The van der Waals surface area contributed by atoms with Gasteiger partial charge in [-0.15, -0.1) is 11.8 Å². The summed E-state index contributed by atoms with van der Waals surface area (Å²) in [5, 5.41) is 2.81. The lowest BCUT2D eigenvalue weighted by Gasteiger charge is -2.04. The number of hydrogen-bond donors (Lipinski definition) is 1. The van der Waals surface area contributed by atoms with Crippen LogP contribution in [0.2, 0.25) is 0 Å². The minimum Gasteiger partial charge on any atom is -0.325 e. The van der Waals surface area contributed by atoms with Gasteiger partial charge in [0.2, 0.25) is 5.91 Å². The van der Waals surface area contributed by atoms with E-state index in [1.165, 1.54) is 11.8 Å². The Labute approximate surface area is 102 Å². The smallest absolute Gasteiger partial charge is 0.234 e. The number of rotatable bonds is 5. The Morgan fingerprint density at radius 1 is 1.33 bits per heavy atom. The molecule has 0 aliphatic rings. The number of carbonyl (C=O) groups is 1. The second-order valence-electron chi connectivity index (χ2n) is 2.92. The number of halogens is 1. The van der Waals surface area contributed by atoms with Crippen molar-refractivity contribution < 1.29 is 4.79 Å². The molecule has 0 saturated carbocycles. The Hall–Kier alpha value is -0.740. The van der Waals surface area contributed by atoms with E-state index in [2.05, 4.69) is 27.8 Å². The van der Waals surface area contributed by atoms with Crippen molar-refractivity contribution in [1.29, 1.82) is 0 Å². The van der Waals surface area contributed by atoms with Crippen LogP contribution < -0.4 is 5.32 Å². The first kappa shape index (κ1) is 12.3. The summed E-state index contributed by atoms with van der Waals surface area (Å²) in [6, 6.07) is 9.43. The molecule has 80 valence electrons. The van der Waals surface area contributed by atoms with Crippen LogP contribution in [0.4, 0.5) is 5.69 Å². The van der Waals surface area contributed by atoms with E-state index in [1.54, 1.807) is 0 Å². The van der Waals surface area contributed by atoms with Crippen LogP contribution in [-0.4, -0.2) is 17.4 Å². The second kappa shape index (κ2) is 6.69. The minimum atomic E-state index is 0.0138. The Kier molecular flexibility index (Phi) is 5.50. The van der Waals surface area contributed by atoms with Gasteiger partial charge in [0.15, 0.2) is 0 Å². The third kappa shape index (κ3) is 5.64. The van der Waals surface area contributed by atoms with E-state index in [0.29, 0.717) is 5.75 Å². The quantitative estimate of drug-likeness (QED) is 0.900. The number of thioether (sulfide) groups is 1. The molecule has 0 heterocycles. The topological polar surface area (TPSA) is 29.1 Å². The van der Waals surface area contributed by atoms with E-state index in [1.807, 2.05) is 30.3 Å². The first-order valence-corrected chi connectivity index (χ1v) is 6.39. The molecule has 1 aromatic carbocycles. The minimum absolute atomic E-state index is 0.0138. The van der Waals surface area contributed by atoms with Crippen LogP contribution in [0, 0.1) is 0 Å². The molecule has 1 aromatic rings. The zero-order valence-electron chi connectivity index (χ0n) is 8.20. The molecular formula is C11H12BrNOS. The zero-order chi connectivity index (χ0) is 11.1. The molecule has 0 aliphatic carbocycles. The first-order valence-electron chi connectivity index (χ1n) is 4.44. The van der Waals surface area contributed by atoms with E-state index in [-0.39, 0.29) is 5.91 Å². The van der Waals surface area contributed by atoms with E-state index in [9.17, 15) is 4.79 Å². The number of hydrogen-bond acceptors (Lipinski definition) is 2. The van der Waals surface area contributed by atoms with E-state index < -0.39 is 0 Å².